The number of carbonyl (C=O) groups excluding carboxylic acids is 19. The molecular formula is C96H157N12O39P. The summed E-state index contributed by atoms with van der Waals surface area (Å²) in [6.45, 7) is 20.0. The number of carbonyl (C=O) groups is 19. The van der Waals surface area contributed by atoms with Crippen molar-refractivity contribution in [1.82, 2.24) is 57.8 Å². The topological polar surface area (TPSA) is 656 Å². The number of Topliss-reactive ketones (excluding diaryl/α,β-unsaturated/α-hetero) is 1. The van der Waals surface area contributed by atoms with Gasteiger partial charge in [0.1, 0.15) is 74.5 Å². The van der Waals surface area contributed by atoms with E-state index in [9.17, 15) is 96.4 Å². The molecule has 0 aromatic heterocycles. The lowest BCUT2D eigenvalue weighted by Gasteiger charge is -2.45. The van der Waals surface area contributed by atoms with E-state index in [0.29, 0.717) is 83.5 Å². The first kappa shape index (κ1) is 130. The first-order valence-corrected chi connectivity index (χ1v) is 51.3. The van der Waals surface area contributed by atoms with Gasteiger partial charge in [0, 0.05) is 192 Å². The van der Waals surface area contributed by atoms with Gasteiger partial charge in [-0.05, 0) is 118 Å². The highest BCUT2D eigenvalue weighted by Gasteiger charge is 2.55. The molecule has 3 heterocycles. The van der Waals surface area contributed by atoms with E-state index in [0.717, 1.165) is 48.5 Å². The normalized spacial score (nSPS) is 22.6. The molecule has 0 radical (unpaired) electrons. The van der Waals surface area contributed by atoms with Crippen LogP contribution >= 0.6 is 8.53 Å². The molecule has 51 nitrogen and oxygen atoms in total. The van der Waals surface area contributed by atoms with E-state index < -0.39 is 221 Å². The van der Waals surface area contributed by atoms with Crippen LogP contribution in [0, 0.1) is 17.2 Å². The van der Waals surface area contributed by atoms with Gasteiger partial charge in [-0.3, -0.25) is 91.1 Å². The summed E-state index contributed by atoms with van der Waals surface area (Å²) in [5.74, 6) is -11.0. The predicted octanol–water partition coefficient (Wildman–Crippen LogP) is 1.35. The van der Waals surface area contributed by atoms with Crippen LogP contribution in [0.5, 0.6) is 0 Å². The van der Waals surface area contributed by atoms with Crippen LogP contribution in [0.3, 0.4) is 0 Å². The van der Waals surface area contributed by atoms with Crippen molar-refractivity contribution in [2.75, 3.05) is 132 Å². The van der Waals surface area contributed by atoms with Crippen LogP contribution in [0.15, 0.2) is 0 Å². The van der Waals surface area contributed by atoms with Crippen molar-refractivity contribution in [3.63, 3.8) is 0 Å². The third-order valence-electron chi connectivity index (χ3n) is 22.5. The van der Waals surface area contributed by atoms with Crippen LogP contribution < -0.4 is 53.2 Å². The van der Waals surface area contributed by atoms with Gasteiger partial charge in [-0.15, -0.1) is 0 Å². The van der Waals surface area contributed by atoms with Crippen LogP contribution in [-0.4, -0.2) is 365 Å². The van der Waals surface area contributed by atoms with E-state index in [1.54, 1.807) is 0 Å². The maximum Gasteiger partial charge on any atom is 0.303 e. The summed E-state index contributed by atoms with van der Waals surface area (Å²) < 4.78 is 119. The van der Waals surface area contributed by atoms with Gasteiger partial charge in [0.25, 0.3) is 8.53 Å². The SMILES string of the molecule is CC(=O)COC1C(COC(C)=O)OC(OCCCCC(=O)NCCCNC(=O)CCOCC(COCCC(=O)NCCCNC(=O)CCCCOC2OC(COC(C)=O)C(OC(C)=O)C(OC(C)=O)C2NC(C)=O)(COCCC(=O)NCCCNC(=O)CCCCOC2OC(COC(C)=O)C(OC(C)=O)C(OC(C)=O)C2NC(C)=O)NC(=O)C2CCC(OP(OCCC#N)N(C(C)C)C(C)C)CC2)C(NC(C)=O)C1OC(C)=O. The summed E-state index contributed by atoms with van der Waals surface area (Å²) >= 11 is 0. The molecule has 0 aromatic rings. The summed E-state index contributed by atoms with van der Waals surface area (Å²) in [5, 5.41) is 37.3. The molecule has 4 aliphatic rings. The van der Waals surface area contributed by atoms with Crippen molar-refractivity contribution in [3.8, 4) is 6.07 Å². The van der Waals surface area contributed by atoms with Gasteiger partial charge in [-0.25, -0.2) is 4.67 Å². The molecule has 0 aromatic carbocycles. The second-order valence-electron chi connectivity index (χ2n) is 36.5. The number of nitrogens with one attached hydrogen (secondary N) is 10. The molecule has 16 atom stereocenters. The van der Waals surface area contributed by atoms with Crippen molar-refractivity contribution in [2.24, 2.45) is 5.92 Å². The summed E-state index contributed by atoms with van der Waals surface area (Å²) in [6, 6.07) is -1.33. The highest BCUT2D eigenvalue weighted by atomic mass is 31.2. The Hall–Kier alpha value is -10.5. The Bertz CT molecular complexity index is 4080. The molecule has 0 bridgehead atoms. The number of nitriles is 1. The van der Waals surface area contributed by atoms with E-state index in [1.807, 2.05) is 27.7 Å². The monoisotopic (exact) mass is 2130 g/mol. The molecule has 3 saturated heterocycles. The molecule has 4 rings (SSSR count). The Kier molecular flexibility index (Phi) is 63.2. The van der Waals surface area contributed by atoms with Crippen molar-refractivity contribution in [2.45, 2.75) is 355 Å². The van der Waals surface area contributed by atoms with Crippen molar-refractivity contribution >= 4 is 121 Å². The second-order valence-corrected chi connectivity index (χ2v) is 37.9. The number of hydrogen-bond acceptors (Lipinski definition) is 41. The summed E-state index contributed by atoms with van der Waals surface area (Å²) in [7, 11) is -1.61. The third-order valence-corrected chi connectivity index (χ3v) is 24.7. The minimum Gasteiger partial charge on any atom is -0.463 e. The smallest absolute Gasteiger partial charge is 0.303 e. The molecule has 3 aliphatic heterocycles. The molecule has 148 heavy (non-hydrogen) atoms. The van der Waals surface area contributed by atoms with Crippen LogP contribution in [0.1, 0.15) is 239 Å². The molecule has 1 aliphatic carbocycles. The van der Waals surface area contributed by atoms with Crippen LogP contribution in [0.4, 0.5) is 0 Å². The first-order valence-electron chi connectivity index (χ1n) is 50.2. The Balaban J connectivity index is 1.44. The van der Waals surface area contributed by atoms with Crippen LogP contribution in [0.25, 0.3) is 0 Å². The maximum absolute atomic E-state index is 14.9. The van der Waals surface area contributed by atoms with Gasteiger partial charge in [0.05, 0.1) is 64.8 Å². The molecule has 0 spiro atoms. The molecular weight excluding hydrogens is 1980 g/mol. The Morgan fingerprint density at radius 3 is 0.959 bits per heavy atom. The first-order chi connectivity index (χ1) is 70.3. The van der Waals surface area contributed by atoms with Gasteiger partial charge in [0.2, 0.25) is 59.1 Å². The van der Waals surface area contributed by atoms with Crippen molar-refractivity contribution < 1.29 is 185 Å². The number of esters is 8. The number of ether oxygens (including phenoxy) is 18. The fourth-order valence-electron chi connectivity index (χ4n) is 16.1. The highest BCUT2D eigenvalue weighted by molar-refractivity contribution is 7.44. The fraction of sp³-hybridized carbons (Fsp3) is 0.792. The van der Waals surface area contributed by atoms with E-state index in [1.165, 1.54) is 34.6 Å². The van der Waals surface area contributed by atoms with Crippen LogP contribution in [-0.2, 0) is 185 Å². The van der Waals surface area contributed by atoms with E-state index in [2.05, 4.69) is 63.9 Å². The molecule has 1 saturated carbocycles. The second kappa shape index (κ2) is 72.1. The van der Waals surface area contributed by atoms with Gasteiger partial charge >= 0.3 is 47.8 Å². The largest absolute Gasteiger partial charge is 0.463 e. The number of hydrogen-bond donors (Lipinski definition) is 10. The van der Waals surface area contributed by atoms with Gasteiger partial charge in [-0.2, -0.15) is 5.26 Å². The average Bonchev–Trinajstić information content (AvgIpc) is 0.792. The molecule has 10 amide bonds. The third kappa shape index (κ3) is 53.8. The fourth-order valence-corrected chi connectivity index (χ4v) is 17.8. The standard InChI is InChI=1S/C96H157N12O39P/c1-58(2)108(59(3)4)148(138-47-23-37-97)147-73-32-30-72(31-33-73)92(127)107-96(56-129-49-35-81(125)102-42-25-39-99-78(122)28-18-21-45-132-94-84(105-62(7)111)90(142-70(15)119)87(139-67(12)116)75(145-94)53-135-65(10)114,57-130-50-36-82(126)103-43-26-40-100-79(123)29-19-22-46-133-95-85(106-63(8)112)91(143-71(16)120)88(140-68(13)117)76(146-95)54-136-66(11)115)55-128-48-34-80(124)101-41-24-38-98-77(121)27-17-20-44-131-93-83(104-61(6)110)89(141-69(14)118)86(137-51-60(5)109)74(144-93)52-134-64(9)113/h58-59,72-76,83-91,93-95H,17-36,38-57H2,1-16H3,(H,98,121)(H,99,122)(H,100,123)(H,101,124)(H,102,125)(H,103,126)(H,104,110)(H,105,111)(H,106,112)(H,107,127). The van der Waals surface area contributed by atoms with E-state index in [-0.39, 0.29) is 199 Å². The van der Waals surface area contributed by atoms with Gasteiger partial charge < -0.3 is 147 Å². The minimum absolute atomic E-state index is 0.00636. The lowest BCUT2D eigenvalue weighted by molar-refractivity contribution is -0.280. The lowest BCUT2D eigenvalue weighted by Crippen LogP contribution is -2.66. The quantitative estimate of drug-likeness (QED) is 0.0178. The molecule has 16 unspecified atom stereocenters. The number of unbranched alkanes of at least 4 members (excludes halogenated alkanes) is 3. The Labute approximate surface area is 864 Å². The average molecular weight is 2130 g/mol. The number of amides is 10. The van der Waals surface area contributed by atoms with E-state index in [4.69, 9.17) is 94.3 Å². The summed E-state index contributed by atoms with van der Waals surface area (Å²) in [5.41, 5.74) is -1.55. The summed E-state index contributed by atoms with van der Waals surface area (Å²) in [4.78, 5) is 240. The summed E-state index contributed by atoms with van der Waals surface area (Å²) in [6.07, 6.45) is -11.0. The zero-order valence-corrected chi connectivity index (χ0v) is 88.9. The number of ketones is 1. The van der Waals surface area contributed by atoms with Gasteiger partial charge in [0.15, 0.2) is 55.2 Å². The Morgan fingerprint density at radius 1 is 0.365 bits per heavy atom. The zero-order chi connectivity index (χ0) is 110. The van der Waals surface area contributed by atoms with Crippen molar-refractivity contribution in [1.29, 1.82) is 5.26 Å². The maximum atomic E-state index is 14.9. The number of nitrogens with zero attached hydrogens (tertiary/aromatic N) is 2. The predicted molar refractivity (Wildman–Crippen MR) is 517 cm³/mol. The zero-order valence-electron chi connectivity index (χ0n) is 88.0. The molecule has 10 N–H and O–H groups in total. The number of rotatable bonds is 72. The van der Waals surface area contributed by atoms with E-state index >= 15 is 0 Å². The molecule has 52 heteroatoms. The lowest BCUT2D eigenvalue weighted by atomic mass is 9.86. The Morgan fingerprint density at radius 2 is 0.669 bits per heavy atom. The van der Waals surface area contributed by atoms with Crippen molar-refractivity contribution in [3.05, 3.63) is 0 Å². The highest BCUT2D eigenvalue weighted by Crippen LogP contribution is 2.49. The molecule has 840 valence electrons. The van der Waals surface area contributed by atoms with Gasteiger partial charge in [-0.1, -0.05) is 0 Å². The minimum atomic E-state index is -1.61. The van der Waals surface area contributed by atoms with Crippen LogP contribution in [0.2, 0.25) is 0 Å². The molecule has 4 fully saturated rings.